The van der Waals surface area contributed by atoms with E-state index in [0.29, 0.717) is 5.56 Å². The van der Waals surface area contributed by atoms with Crippen LogP contribution in [0.1, 0.15) is 27.0 Å². The van der Waals surface area contributed by atoms with Gasteiger partial charge < -0.3 is 5.32 Å². The van der Waals surface area contributed by atoms with Crippen LogP contribution in [0.15, 0.2) is 47.4 Å². The normalized spacial score (nSPS) is 11.3. The van der Waals surface area contributed by atoms with E-state index >= 15 is 0 Å². The quantitative estimate of drug-likeness (QED) is 0.788. The van der Waals surface area contributed by atoms with Crippen LogP contribution in [0.5, 0.6) is 0 Å². The third kappa shape index (κ3) is 4.66. The number of carbonyl (C=O) groups excluding carboxylic acids is 1. The molecular weight excluding hydrogens is 324 g/mol. The fourth-order valence-corrected chi connectivity index (χ4v) is 3.36. The molecule has 2 aromatic carbocycles. The highest BCUT2D eigenvalue weighted by Crippen LogP contribution is 2.11. The highest BCUT2D eigenvalue weighted by molar-refractivity contribution is 7.89. The van der Waals surface area contributed by atoms with Crippen LogP contribution >= 0.6 is 0 Å². The van der Waals surface area contributed by atoms with Gasteiger partial charge in [-0.25, -0.2) is 13.1 Å². The number of sulfonamides is 1. The lowest BCUT2D eigenvalue weighted by Crippen LogP contribution is -2.34. The number of hydrogen-bond acceptors (Lipinski definition) is 3. The molecule has 0 unspecified atom stereocenters. The summed E-state index contributed by atoms with van der Waals surface area (Å²) in [4.78, 5) is 12.3. The van der Waals surface area contributed by atoms with Crippen molar-refractivity contribution < 1.29 is 13.2 Å². The molecule has 0 atom stereocenters. The molecule has 5 nitrogen and oxygen atoms in total. The summed E-state index contributed by atoms with van der Waals surface area (Å²) in [5, 5.41) is 2.73. The molecule has 1 amide bonds. The summed E-state index contributed by atoms with van der Waals surface area (Å²) in [6, 6.07) is 12.2. The summed E-state index contributed by atoms with van der Waals surface area (Å²) < 4.78 is 26.7. The van der Waals surface area contributed by atoms with Crippen LogP contribution in [0.2, 0.25) is 0 Å². The van der Waals surface area contributed by atoms with Crippen LogP contribution in [0.25, 0.3) is 0 Å². The van der Waals surface area contributed by atoms with Crippen LogP contribution in [0.4, 0.5) is 0 Å². The number of carbonyl (C=O) groups is 1. The summed E-state index contributed by atoms with van der Waals surface area (Å²) in [6.45, 7) is 6.09. The van der Waals surface area contributed by atoms with Gasteiger partial charge in [-0.2, -0.15) is 0 Å². The standard InChI is InChI=1S/C18H22N2O3S/c1-13-4-7-16(8-5-13)24(22,23)20-11-10-19-18(21)17-9-6-14(2)12-15(17)3/h4-9,12,20H,10-11H2,1-3H3,(H,19,21). The van der Waals surface area contributed by atoms with Crippen LogP contribution in [0.3, 0.4) is 0 Å². The molecule has 0 bridgehead atoms. The maximum absolute atomic E-state index is 12.1. The van der Waals surface area contributed by atoms with E-state index in [0.717, 1.165) is 16.7 Å². The van der Waals surface area contributed by atoms with Crippen LogP contribution in [-0.4, -0.2) is 27.4 Å². The Morgan fingerprint density at radius 1 is 0.917 bits per heavy atom. The number of rotatable bonds is 6. The molecule has 0 spiro atoms. The molecule has 0 radical (unpaired) electrons. The van der Waals surface area contributed by atoms with E-state index in [1.165, 1.54) is 0 Å². The number of nitrogens with one attached hydrogen (secondary N) is 2. The van der Waals surface area contributed by atoms with Crippen molar-refractivity contribution in [1.82, 2.24) is 10.0 Å². The molecular formula is C18H22N2O3S. The molecule has 6 heteroatoms. The number of hydrogen-bond donors (Lipinski definition) is 2. The van der Waals surface area contributed by atoms with Crippen molar-refractivity contribution in [2.24, 2.45) is 0 Å². The molecule has 0 heterocycles. The minimum atomic E-state index is -3.55. The van der Waals surface area contributed by atoms with Gasteiger partial charge in [-0.3, -0.25) is 4.79 Å². The zero-order valence-electron chi connectivity index (χ0n) is 14.1. The predicted octanol–water partition coefficient (Wildman–Crippen LogP) is 2.32. The SMILES string of the molecule is Cc1ccc(S(=O)(=O)NCCNC(=O)c2ccc(C)cc2C)cc1. The van der Waals surface area contributed by atoms with Crippen molar-refractivity contribution in [3.05, 3.63) is 64.7 Å². The van der Waals surface area contributed by atoms with Gasteiger partial charge in [0.1, 0.15) is 0 Å². The van der Waals surface area contributed by atoms with Gasteiger partial charge in [-0.1, -0.05) is 35.4 Å². The summed E-state index contributed by atoms with van der Waals surface area (Å²) in [5.74, 6) is -0.206. The second-order valence-electron chi connectivity index (χ2n) is 5.79. The summed E-state index contributed by atoms with van der Waals surface area (Å²) in [7, 11) is -3.55. The molecule has 0 fully saturated rings. The highest BCUT2D eigenvalue weighted by Gasteiger charge is 2.13. The molecule has 0 saturated heterocycles. The maximum Gasteiger partial charge on any atom is 0.251 e. The van der Waals surface area contributed by atoms with E-state index < -0.39 is 10.0 Å². The van der Waals surface area contributed by atoms with Crippen LogP contribution in [0, 0.1) is 20.8 Å². The first-order valence-corrected chi connectivity index (χ1v) is 9.20. The lowest BCUT2D eigenvalue weighted by molar-refractivity contribution is 0.0953. The van der Waals surface area contributed by atoms with Gasteiger partial charge >= 0.3 is 0 Å². The minimum absolute atomic E-state index is 0.132. The Morgan fingerprint density at radius 3 is 2.17 bits per heavy atom. The Kier molecular flexibility index (Phi) is 5.75. The first-order valence-electron chi connectivity index (χ1n) is 7.71. The fourth-order valence-electron chi connectivity index (χ4n) is 2.33. The monoisotopic (exact) mass is 346 g/mol. The molecule has 0 aliphatic carbocycles. The third-order valence-corrected chi connectivity index (χ3v) is 5.14. The van der Waals surface area contributed by atoms with Crippen molar-refractivity contribution >= 4 is 15.9 Å². The van der Waals surface area contributed by atoms with Crippen molar-refractivity contribution in [3.8, 4) is 0 Å². The lowest BCUT2D eigenvalue weighted by atomic mass is 10.1. The Labute approximate surface area is 143 Å². The lowest BCUT2D eigenvalue weighted by Gasteiger charge is -2.10. The van der Waals surface area contributed by atoms with Gasteiger partial charge in [0.25, 0.3) is 5.91 Å². The van der Waals surface area contributed by atoms with Crippen molar-refractivity contribution in [2.75, 3.05) is 13.1 Å². The molecule has 0 aliphatic rings. The number of benzene rings is 2. The average molecular weight is 346 g/mol. The van der Waals surface area contributed by atoms with E-state index in [1.807, 2.05) is 32.9 Å². The summed E-state index contributed by atoms with van der Waals surface area (Å²) in [5.41, 5.74) is 3.58. The molecule has 0 aromatic heterocycles. The van der Waals surface area contributed by atoms with E-state index in [1.54, 1.807) is 30.3 Å². The molecule has 2 rings (SSSR count). The Morgan fingerprint density at radius 2 is 1.54 bits per heavy atom. The van der Waals surface area contributed by atoms with E-state index in [-0.39, 0.29) is 23.9 Å². The minimum Gasteiger partial charge on any atom is -0.351 e. The third-order valence-electron chi connectivity index (χ3n) is 3.66. The molecule has 24 heavy (non-hydrogen) atoms. The number of amides is 1. The summed E-state index contributed by atoms with van der Waals surface area (Å²) >= 11 is 0. The van der Waals surface area contributed by atoms with E-state index in [2.05, 4.69) is 10.0 Å². The van der Waals surface area contributed by atoms with Gasteiger partial charge in [0.2, 0.25) is 10.0 Å². The molecule has 2 N–H and O–H groups in total. The van der Waals surface area contributed by atoms with Gasteiger partial charge in [0.05, 0.1) is 4.90 Å². The van der Waals surface area contributed by atoms with E-state index in [4.69, 9.17) is 0 Å². The number of aryl methyl sites for hydroxylation is 3. The largest absolute Gasteiger partial charge is 0.351 e. The molecule has 128 valence electrons. The van der Waals surface area contributed by atoms with Crippen LogP contribution < -0.4 is 10.0 Å². The maximum atomic E-state index is 12.1. The zero-order valence-corrected chi connectivity index (χ0v) is 14.9. The average Bonchev–Trinajstić information content (AvgIpc) is 2.52. The van der Waals surface area contributed by atoms with Crippen molar-refractivity contribution in [1.29, 1.82) is 0 Å². The molecule has 2 aromatic rings. The first-order chi connectivity index (χ1) is 11.3. The fraction of sp³-hybridized carbons (Fsp3) is 0.278. The second kappa shape index (κ2) is 7.59. The summed E-state index contributed by atoms with van der Waals surface area (Å²) in [6.07, 6.45) is 0. The van der Waals surface area contributed by atoms with Gasteiger partial charge in [0.15, 0.2) is 0 Å². The first kappa shape index (κ1) is 18.2. The molecule has 0 saturated carbocycles. The predicted molar refractivity (Wildman–Crippen MR) is 94.6 cm³/mol. The zero-order chi connectivity index (χ0) is 17.7. The highest BCUT2D eigenvalue weighted by atomic mass is 32.2. The topological polar surface area (TPSA) is 75.3 Å². The second-order valence-corrected chi connectivity index (χ2v) is 7.55. The van der Waals surface area contributed by atoms with Crippen molar-refractivity contribution in [2.45, 2.75) is 25.7 Å². The van der Waals surface area contributed by atoms with E-state index in [9.17, 15) is 13.2 Å². The Hall–Kier alpha value is -2.18. The van der Waals surface area contributed by atoms with Gasteiger partial charge in [0, 0.05) is 18.7 Å². The van der Waals surface area contributed by atoms with Crippen LogP contribution in [-0.2, 0) is 10.0 Å². The van der Waals surface area contributed by atoms with Gasteiger partial charge in [-0.05, 0) is 44.5 Å². The molecule has 0 aliphatic heterocycles. The Balaban J connectivity index is 1.88. The van der Waals surface area contributed by atoms with Crippen molar-refractivity contribution in [3.63, 3.8) is 0 Å². The Bertz CT molecular complexity index is 828. The van der Waals surface area contributed by atoms with Gasteiger partial charge in [-0.15, -0.1) is 0 Å². The smallest absolute Gasteiger partial charge is 0.251 e.